The smallest absolute Gasteiger partial charge is 0.336 e. The first-order chi connectivity index (χ1) is 64.9. The number of carboxylic acid groups (broad SMARTS) is 1. The minimum absolute atomic E-state index is 0.180. The van der Waals surface area contributed by atoms with Gasteiger partial charge in [0.1, 0.15) is 27.1 Å². The number of fused-ring (bicyclic) bond motifs is 5. The normalized spacial score (nSPS) is 11.7. The standard InChI is InChI=1S/C26H20N4O.C26H20N4S.C26H19N3O2.C25H18IN3.C7H5IN2/c2*27-24(31)22-16-17-28-25-23(22)18-29-30(25)26(19-10-4-1-5-11-19,20-12-6-2-7-13-20)21-14-8-3-9-15-21;30-25(31)22-16-17-27-24-23(22)18-28-29(24)26(19-10-4-1-5-11-19,20-12-6-2-7-13-20)21-14-8-3-9-15-21;26-23-16-17-27-24-22(23)18-28-29(24)25(19-10-4-1-5-11-19,20-12-6-2-7-13-20)21-14-8-3-9-15-21;8-6-1-2-10-7-4-9-3-5(6)7/h2*1-18H,(H2,27,31);1-18H,(H,30,31);1-18H;1-3H,4H2. The number of benzene rings is 12. The first-order valence-electron chi connectivity index (χ1n) is 42.5. The van der Waals surface area contributed by atoms with Crippen LogP contribution in [0.2, 0.25) is 0 Å². The van der Waals surface area contributed by atoms with Gasteiger partial charge in [-0.3, -0.25) is 14.8 Å². The number of hydrogen-bond acceptors (Lipinski definition) is 13. The zero-order valence-corrected chi connectivity index (χ0v) is 76.0. The molecular formula is C110H82I2N16O3S. The van der Waals surface area contributed by atoms with E-state index in [1.165, 1.54) is 21.4 Å². The quantitative estimate of drug-likeness (QED) is 0.0387. The van der Waals surface area contributed by atoms with Gasteiger partial charge in [0.2, 0.25) is 5.91 Å². The monoisotopic (exact) mass is 1960 g/mol. The van der Waals surface area contributed by atoms with Crippen molar-refractivity contribution in [2.75, 3.05) is 0 Å². The third kappa shape index (κ3) is 16.2. The van der Waals surface area contributed by atoms with Gasteiger partial charge in [-0.05, 0) is 142 Å². The summed E-state index contributed by atoms with van der Waals surface area (Å²) < 4.78 is 10.2. The van der Waals surface area contributed by atoms with Crippen molar-refractivity contribution >= 4 is 125 Å². The minimum atomic E-state index is -1.00. The molecule has 9 aromatic heterocycles. The summed E-state index contributed by atoms with van der Waals surface area (Å²) in [5, 5.41) is 32.0. The Bertz CT molecular complexity index is 6710. The number of rotatable bonds is 19. The molecule has 0 saturated carbocycles. The summed E-state index contributed by atoms with van der Waals surface area (Å²) in [7, 11) is 0. The second kappa shape index (κ2) is 39.0. The average molecular weight is 1960 g/mol. The first-order valence-corrected chi connectivity index (χ1v) is 45.0. The molecule has 19 nitrogen and oxygen atoms in total. The predicted octanol–water partition coefficient (Wildman–Crippen LogP) is 21.7. The lowest BCUT2D eigenvalue weighted by atomic mass is 9.77. The number of pyridine rings is 5. The lowest BCUT2D eigenvalue weighted by Gasteiger charge is -2.36. The maximum atomic E-state index is 12.0. The van der Waals surface area contributed by atoms with Gasteiger partial charge >= 0.3 is 5.97 Å². The fourth-order valence-electron chi connectivity index (χ4n) is 17.9. The van der Waals surface area contributed by atoms with Crippen molar-refractivity contribution in [3.05, 3.63) is 552 Å². The maximum absolute atomic E-state index is 12.0. The third-order valence-electron chi connectivity index (χ3n) is 23.6. The minimum Gasteiger partial charge on any atom is -0.478 e. The number of carbonyl (C=O) groups excluding carboxylic acids is 1. The van der Waals surface area contributed by atoms with Crippen LogP contribution in [0.3, 0.4) is 0 Å². The number of amides is 1. The van der Waals surface area contributed by atoms with Gasteiger partial charge in [0.05, 0.1) is 64.3 Å². The van der Waals surface area contributed by atoms with Gasteiger partial charge in [0.25, 0.3) is 0 Å². The molecule has 0 spiro atoms. The maximum Gasteiger partial charge on any atom is 0.336 e. The Morgan fingerprint density at radius 1 is 0.288 bits per heavy atom. The second-order valence-electron chi connectivity index (χ2n) is 30.9. The van der Waals surface area contributed by atoms with Crippen LogP contribution in [0.25, 0.3) is 44.1 Å². The van der Waals surface area contributed by atoms with E-state index >= 15 is 0 Å². The highest BCUT2D eigenvalue weighted by Gasteiger charge is 2.46. The number of thiocarbonyl (C=S) groups is 1. The topological polar surface area (TPSA) is 254 Å². The number of primary amides is 1. The largest absolute Gasteiger partial charge is 0.478 e. The van der Waals surface area contributed by atoms with E-state index in [2.05, 4.69) is 288 Å². The summed E-state index contributed by atoms with van der Waals surface area (Å²) in [5.74, 6) is -1.51. The fourth-order valence-corrected chi connectivity index (χ4v) is 19.2. The van der Waals surface area contributed by atoms with Gasteiger partial charge in [-0.1, -0.05) is 376 Å². The number of carbonyl (C=O) groups is 2. The van der Waals surface area contributed by atoms with Crippen LogP contribution in [0.15, 0.2) is 455 Å². The van der Waals surface area contributed by atoms with Crippen LogP contribution in [0.5, 0.6) is 0 Å². The van der Waals surface area contributed by atoms with Crippen LogP contribution in [0.4, 0.5) is 0 Å². The van der Waals surface area contributed by atoms with E-state index < -0.39 is 34.0 Å². The summed E-state index contributed by atoms with van der Waals surface area (Å²) in [5.41, 5.74) is 27.7. The highest BCUT2D eigenvalue weighted by Crippen LogP contribution is 2.48. The Hall–Kier alpha value is -15.8. The Labute approximate surface area is 793 Å². The van der Waals surface area contributed by atoms with E-state index in [9.17, 15) is 14.7 Å². The Morgan fingerprint density at radius 2 is 0.508 bits per heavy atom. The van der Waals surface area contributed by atoms with Gasteiger partial charge in [0.15, 0.2) is 22.6 Å². The van der Waals surface area contributed by atoms with Crippen LogP contribution in [-0.2, 0) is 28.7 Å². The lowest BCUT2D eigenvalue weighted by molar-refractivity contribution is 0.0698. The highest BCUT2D eigenvalue weighted by molar-refractivity contribution is 14.1. The van der Waals surface area contributed by atoms with E-state index in [0.717, 1.165) is 110 Å². The number of nitrogens with zero attached hydrogens (tertiary/aromatic N) is 14. The van der Waals surface area contributed by atoms with Crippen molar-refractivity contribution < 1.29 is 14.7 Å². The molecule has 0 aliphatic carbocycles. The molecule has 0 unspecified atom stereocenters. The van der Waals surface area contributed by atoms with Gasteiger partial charge in [-0.25, -0.2) is 43.5 Å². The molecule has 10 heterocycles. The lowest BCUT2D eigenvalue weighted by Crippen LogP contribution is -2.38. The van der Waals surface area contributed by atoms with Crippen LogP contribution in [0.1, 0.15) is 104 Å². The van der Waals surface area contributed by atoms with Crippen molar-refractivity contribution in [3.63, 3.8) is 0 Å². The van der Waals surface area contributed by atoms with Crippen LogP contribution in [-0.4, -0.2) is 92.2 Å². The Kier molecular flexibility index (Phi) is 25.7. The summed E-state index contributed by atoms with van der Waals surface area (Å²) in [6.07, 6.45) is 17.4. The summed E-state index contributed by atoms with van der Waals surface area (Å²) in [4.78, 5) is 51.1. The molecule has 0 atom stereocenters. The molecule has 12 aromatic carbocycles. The summed E-state index contributed by atoms with van der Waals surface area (Å²) in [6, 6.07) is 133. The molecule has 0 saturated heterocycles. The Balaban J connectivity index is 0.000000114. The molecule has 1 amide bonds. The molecular weight excluding hydrogens is 1880 g/mol. The SMILES string of the molecule is Ic1ccnc2c1C=NC2.Ic1ccnc2c1cnn2C(c1ccccc1)(c1ccccc1)c1ccccc1.NC(=O)c1ccnc2c1cnn2C(c1ccccc1)(c1ccccc1)c1ccccc1.NC(=S)c1ccnc2c1cnn2C(c1ccccc1)(c1ccccc1)c1ccccc1.O=C(O)c1ccnc2c1cnn2C(c1ccccc1)(c1ccccc1)c1ccccc1. The number of aromatic nitrogens is 13. The molecule has 0 radical (unpaired) electrons. The van der Waals surface area contributed by atoms with Crippen molar-refractivity contribution in [3.8, 4) is 0 Å². The van der Waals surface area contributed by atoms with Gasteiger partial charge in [-0.15, -0.1) is 0 Å². The van der Waals surface area contributed by atoms with Crippen LogP contribution < -0.4 is 11.5 Å². The number of aromatic carboxylic acids is 1. The first kappa shape index (κ1) is 86.9. The summed E-state index contributed by atoms with van der Waals surface area (Å²) in [6.45, 7) is 0.756. The Morgan fingerprint density at radius 3 is 0.765 bits per heavy atom. The van der Waals surface area contributed by atoms with E-state index in [1.54, 1.807) is 37.1 Å². The number of halogens is 2. The second-order valence-corrected chi connectivity index (χ2v) is 33.7. The molecule has 21 aromatic rings. The van der Waals surface area contributed by atoms with Crippen molar-refractivity contribution in [2.45, 2.75) is 28.7 Å². The molecule has 132 heavy (non-hydrogen) atoms. The third-order valence-corrected chi connectivity index (χ3v) is 25.7. The zero-order valence-electron chi connectivity index (χ0n) is 70.9. The molecule has 640 valence electrons. The van der Waals surface area contributed by atoms with Crippen molar-refractivity contribution in [2.24, 2.45) is 16.5 Å². The molecule has 22 heteroatoms. The summed E-state index contributed by atoms with van der Waals surface area (Å²) >= 11 is 9.93. The van der Waals surface area contributed by atoms with Gasteiger partial charge in [0, 0.05) is 60.9 Å². The van der Waals surface area contributed by atoms with Crippen LogP contribution in [0, 0.1) is 7.14 Å². The number of carboxylic acids is 1. The van der Waals surface area contributed by atoms with E-state index in [4.69, 9.17) is 54.0 Å². The van der Waals surface area contributed by atoms with Gasteiger partial charge in [-0.2, -0.15) is 20.4 Å². The van der Waals surface area contributed by atoms with E-state index in [-0.39, 0.29) is 5.56 Å². The molecule has 1 aliphatic heterocycles. The number of nitrogens with two attached hydrogens (primary N) is 2. The van der Waals surface area contributed by atoms with Crippen molar-refractivity contribution in [1.82, 2.24) is 64.0 Å². The molecule has 0 fully saturated rings. The zero-order chi connectivity index (χ0) is 90.4. The molecule has 5 N–H and O–H groups in total. The highest BCUT2D eigenvalue weighted by atomic mass is 127. The molecule has 1 aliphatic rings. The number of hydrogen-bond donors (Lipinski definition) is 3. The van der Waals surface area contributed by atoms with E-state index in [1.807, 2.05) is 203 Å². The van der Waals surface area contributed by atoms with Gasteiger partial charge < -0.3 is 16.6 Å². The fraction of sp³-hybridized carbons (Fsp3) is 0.0455. The van der Waals surface area contributed by atoms with E-state index in [0.29, 0.717) is 32.6 Å². The average Bonchev–Trinajstić information content (AvgIpc) is 1.41. The van der Waals surface area contributed by atoms with Crippen molar-refractivity contribution in [1.29, 1.82) is 0 Å². The van der Waals surface area contributed by atoms with Crippen LogP contribution >= 0.6 is 57.4 Å². The molecule has 0 bridgehead atoms. The predicted molar refractivity (Wildman–Crippen MR) is 541 cm³/mol. The number of aliphatic imine (C=N–C) groups is 1. The molecule has 22 rings (SSSR count).